The molecule has 130 valence electrons. The van der Waals surface area contributed by atoms with Crippen molar-refractivity contribution >= 4 is 40.6 Å². The van der Waals surface area contributed by atoms with E-state index >= 15 is 0 Å². The van der Waals surface area contributed by atoms with Crippen LogP contribution in [0.4, 0.5) is 0 Å². The summed E-state index contributed by atoms with van der Waals surface area (Å²) in [5.74, 6) is -2.04. The van der Waals surface area contributed by atoms with Gasteiger partial charge in [-0.25, -0.2) is 9.78 Å². The normalized spacial score (nSPS) is 13.3. The number of aromatic nitrogens is 2. The molecule has 0 N–H and O–H groups in total. The molecule has 0 aliphatic carbocycles. The van der Waals surface area contributed by atoms with E-state index in [9.17, 15) is 14.4 Å². The molecule has 26 heavy (non-hydrogen) atoms. The van der Waals surface area contributed by atoms with Crippen LogP contribution in [-0.4, -0.2) is 38.2 Å². The summed E-state index contributed by atoms with van der Waals surface area (Å²) in [6, 6.07) is 14.0. The van der Waals surface area contributed by atoms with Crippen LogP contribution in [0.3, 0.4) is 0 Å². The topological polar surface area (TPSA) is 81.5 Å². The van der Waals surface area contributed by atoms with E-state index in [1.807, 2.05) is 35.9 Å². The SMILES string of the molecule is Cn1c(SCC(=O)ON2C(=O)c3ccccc3C2=O)nc2ccccc21. The first-order valence-electron chi connectivity index (χ1n) is 7.79. The van der Waals surface area contributed by atoms with Crippen molar-refractivity contribution in [3.05, 3.63) is 59.7 Å². The fraction of sp³-hybridized carbons (Fsp3) is 0.111. The molecule has 0 fully saturated rings. The summed E-state index contributed by atoms with van der Waals surface area (Å²) in [4.78, 5) is 45.9. The van der Waals surface area contributed by atoms with Crippen molar-refractivity contribution in [2.75, 3.05) is 5.75 Å². The minimum Gasteiger partial charge on any atom is -0.329 e. The maximum absolute atomic E-state index is 12.2. The summed E-state index contributed by atoms with van der Waals surface area (Å²) in [5.41, 5.74) is 2.23. The van der Waals surface area contributed by atoms with Gasteiger partial charge >= 0.3 is 5.97 Å². The predicted octanol–water partition coefficient (Wildman–Crippen LogP) is 2.42. The van der Waals surface area contributed by atoms with Crippen LogP contribution in [-0.2, 0) is 16.7 Å². The average molecular weight is 367 g/mol. The van der Waals surface area contributed by atoms with Gasteiger partial charge in [0.05, 0.1) is 22.2 Å². The van der Waals surface area contributed by atoms with E-state index in [0.29, 0.717) is 10.2 Å². The van der Waals surface area contributed by atoms with E-state index in [4.69, 9.17) is 4.84 Å². The second-order valence-electron chi connectivity index (χ2n) is 5.64. The zero-order valence-corrected chi connectivity index (χ0v) is 14.5. The first-order chi connectivity index (χ1) is 12.6. The Hall–Kier alpha value is -3.13. The largest absolute Gasteiger partial charge is 0.343 e. The molecule has 3 aromatic rings. The second kappa shape index (κ2) is 6.30. The van der Waals surface area contributed by atoms with Gasteiger partial charge < -0.3 is 9.40 Å². The smallest absolute Gasteiger partial charge is 0.329 e. The molecule has 1 aliphatic heterocycles. The summed E-state index contributed by atoms with van der Waals surface area (Å²) >= 11 is 1.18. The van der Waals surface area contributed by atoms with Gasteiger partial charge in [0.15, 0.2) is 5.16 Å². The Morgan fingerprint density at radius 1 is 1.04 bits per heavy atom. The van der Waals surface area contributed by atoms with E-state index in [1.54, 1.807) is 12.1 Å². The number of fused-ring (bicyclic) bond motifs is 2. The highest BCUT2D eigenvalue weighted by Crippen LogP contribution is 2.25. The van der Waals surface area contributed by atoms with Gasteiger partial charge in [0, 0.05) is 7.05 Å². The Morgan fingerprint density at radius 3 is 2.31 bits per heavy atom. The zero-order chi connectivity index (χ0) is 18.3. The summed E-state index contributed by atoms with van der Waals surface area (Å²) < 4.78 is 1.87. The number of thioether (sulfide) groups is 1. The van der Waals surface area contributed by atoms with Crippen LogP contribution in [0.1, 0.15) is 20.7 Å². The first-order valence-corrected chi connectivity index (χ1v) is 8.77. The monoisotopic (exact) mass is 367 g/mol. The van der Waals surface area contributed by atoms with Crippen molar-refractivity contribution in [1.82, 2.24) is 14.6 Å². The summed E-state index contributed by atoms with van der Waals surface area (Å²) in [6.45, 7) is 0. The zero-order valence-electron chi connectivity index (χ0n) is 13.7. The number of benzene rings is 2. The van der Waals surface area contributed by atoms with E-state index in [0.717, 1.165) is 11.0 Å². The Morgan fingerprint density at radius 2 is 1.65 bits per heavy atom. The lowest BCUT2D eigenvalue weighted by Crippen LogP contribution is -2.33. The number of hydrogen-bond acceptors (Lipinski definition) is 6. The van der Waals surface area contributed by atoms with Gasteiger partial charge in [0.25, 0.3) is 11.8 Å². The molecule has 0 bridgehead atoms. The number of carbonyl (C=O) groups excluding carboxylic acids is 3. The molecule has 0 unspecified atom stereocenters. The standard InChI is InChI=1S/C18H13N3O4S/c1-20-14-9-5-4-8-13(14)19-18(20)26-10-15(22)25-21-16(23)11-6-2-3-7-12(11)17(21)24/h2-9H,10H2,1H3. The number of nitrogens with zero attached hydrogens (tertiary/aromatic N) is 3. The highest BCUT2D eigenvalue weighted by Gasteiger charge is 2.38. The third-order valence-corrected chi connectivity index (χ3v) is 5.02. The van der Waals surface area contributed by atoms with Crippen molar-refractivity contribution < 1.29 is 19.2 Å². The molecule has 2 heterocycles. The van der Waals surface area contributed by atoms with Crippen LogP contribution < -0.4 is 0 Å². The minimum atomic E-state index is -0.698. The number of rotatable bonds is 4. The number of aryl methyl sites for hydroxylation is 1. The molecule has 0 spiro atoms. The fourth-order valence-electron chi connectivity index (χ4n) is 2.75. The molecule has 0 saturated carbocycles. The lowest BCUT2D eigenvalue weighted by molar-refractivity contribution is -0.165. The first kappa shape index (κ1) is 16.3. The van der Waals surface area contributed by atoms with Crippen LogP contribution in [0, 0.1) is 0 Å². The quantitative estimate of drug-likeness (QED) is 0.520. The Kier molecular flexibility index (Phi) is 3.96. The second-order valence-corrected chi connectivity index (χ2v) is 6.59. The van der Waals surface area contributed by atoms with E-state index in [-0.39, 0.29) is 16.9 Å². The van der Waals surface area contributed by atoms with Crippen molar-refractivity contribution in [2.24, 2.45) is 7.05 Å². The Balaban J connectivity index is 1.44. The summed E-state index contributed by atoms with van der Waals surface area (Å²) in [5, 5.41) is 1.16. The van der Waals surface area contributed by atoms with Crippen LogP contribution >= 0.6 is 11.8 Å². The third kappa shape index (κ3) is 2.64. The number of hydrogen-bond donors (Lipinski definition) is 0. The predicted molar refractivity (Wildman–Crippen MR) is 94.5 cm³/mol. The van der Waals surface area contributed by atoms with Crippen LogP contribution in [0.25, 0.3) is 11.0 Å². The molecule has 4 rings (SSSR count). The molecular formula is C18H13N3O4S. The molecule has 0 atom stereocenters. The molecule has 1 aromatic heterocycles. The number of carbonyl (C=O) groups is 3. The van der Waals surface area contributed by atoms with Crippen molar-refractivity contribution in [2.45, 2.75) is 5.16 Å². The van der Waals surface area contributed by atoms with Gasteiger partial charge in [-0.2, -0.15) is 0 Å². The molecule has 7 nitrogen and oxygen atoms in total. The van der Waals surface area contributed by atoms with E-state index in [1.165, 1.54) is 23.9 Å². The van der Waals surface area contributed by atoms with Gasteiger partial charge in [-0.15, -0.1) is 0 Å². The maximum Gasteiger partial charge on any atom is 0.343 e. The van der Waals surface area contributed by atoms with Crippen LogP contribution in [0.2, 0.25) is 0 Å². The highest BCUT2D eigenvalue weighted by atomic mass is 32.2. The van der Waals surface area contributed by atoms with Gasteiger partial charge in [-0.3, -0.25) is 9.59 Å². The summed E-state index contributed by atoms with van der Waals surface area (Å²) in [6.07, 6.45) is 0. The molecule has 2 amide bonds. The highest BCUT2D eigenvalue weighted by molar-refractivity contribution is 7.99. The van der Waals surface area contributed by atoms with Gasteiger partial charge in [0.1, 0.15) is 5.75 Å². The lowest BCUT2D eigenvalue weighted by Gasteiger charge is -2.12. The van der Waals surface area contributed by atoms with Crippen LogP contribution in [0.5, 0.6) is 0 Å². The Labute approximate surface area is 152 Å². The molecule has 0 saturated heterocycles. The van der Waals surface area contributed by atoms with Crippen LogP contribution in [0.15, 0.2) is 53.7 Å². The minimum absolute atomic E-state index is 0.0788. The number of hydroxylamine groups is 2. The molecule has 2 aromatic carbocycles. The fourth-order valence-corrected chi connectivity index (χ4v) is 3.51. The van der Waals surface area contributed by atoms with Crippen molar-refractivity contribution in [1.29, 1.82) is 0 Å². The maximum atomic E-state index is 12.2. The number of imidazole rings is 1. The average Bonchev–Trinajstić information content (AvgIpc) is 3.10. The third-order valence-electron chi connectivity index (χ3n) is 4.02. The summed E-state index contributed by atoms with van der Waals surface area (Å²) in [7, 11) is 1.85. The van der Waals surface area contributed by atoms with E-state index in [2.05, 4.69) is 4.98 Å². The van der Waals surface area contributed by atoms with Gasteiger partial charge in [0.2, 0.25) is 0 Å². The van der Waals surface area contributed by atoms with Crippen molar-refractivity contribution in [3.63, 3.8) is 0 Å². The number of para-hydroxylation sites is 2. The van der Waals surface area contributed by atoms with Gasteiger partial charge in [-0.05, 0) is 24.3 Å². The van der Waals surface area contributed by atoms with E-state index < -0.39 is 17.8 Å². The number of imide groups is 1. The Bertz CT molecular complexity index is 1020. The molecule has 8 heteroatoms. The lowest BCUT2D eigenvalue weighted by atomic mass is 10.1. The molecule has 0 radical (unpaired) electrons. The number of amides is 2. The van der Waals surface area contributed by atoms with Gasteiger partial charge in [-0.1, -0.05) is 41.1 Å². The van der Waals surface area contributed by atoms with Crippen molar-refractivity contribution in [3.8, 4) is 0 Å². The molecular weight excluding hydrogens is 354 g/mol. The molecule has 1 aliphatic rings.